The van der Waals surface area contributed by atoms with Gasteiger partial charge in [-0.2, -0.15) is 0 Å². The zero-order chi connectivity index (χ0) is 18.6. The topological polar surface area (TPSA) is 97.4 Å². The third-order valence-electron chi connectivity index (χ3n) is 3.85. The normalized spacial score (nSPS) is 12.1. The number of amides is 1. The van der Waals surface area contributed by atoms with Gasteiger partial charge in [0.2, 0.25) is 18.4 Å². The first-order chi connectivity index (χ1) is 13.2. The van der Waals surface area contributed by atoms with Crippen LogP contribution in [0.3, 0.4) is 0 Å². The third kappa shape index (κ3) is 3.82. The van der Waals surface area contributed by atoms with Crippen molar-refractivity contribution in [1.29, 1.82) is 0 Å². The molecule has 0 saturated carbocycles. The monoisotopic (exact) mass is 386 g/mol. The molecule has 1 aliphatic rings. The van der Waals surface area contributed by atoms with E-state index in [0.29, 0.717) is 28.0 Å². The number of hydrogen-bond acceptors (Lipinski definition) is 6. The minimum atomic E-state index is -0.472. The van der Waals surface area contributed by atoms with E-state index in [-0.39, 0.29) is 19.1 Å². The molecule has 0 saturated heterocycles. The highest BCUT2D eigenvalue weighted by Crippen LogP contribution is 2.34. The summed E-state index contributed by atoms with van der Waals surface area (Å²) in [5.74, 6) is 1.53. The molecule has 138 valence electrons. The van der Waals surface area contributed by atoms with Crippen LogP contribution < -0.4 is 25.1 Å². The van der Waals surface area contributed by atoms with Gasteiger partial charge in [0, 0.05) is 36.1 Å². The zero-order valence-electron chi connectivity index (χ0n) is 14.1. The molecular weight excluding hydrogens is 370 g/mol. The Labute approximate surface area is 158 Å². The molecule has 8 nitrogen and oxygen atoms in total. The van der Waals surface area contributed by atoms with Crippen LogP contribution in [0.2, 0.25) is 0 Å². The number of carbonyl (C=O) groups is 1. The largest absolute Gasteiger partial charge is 0.454 e. The van der Waals surface area contributed by atoms with E-state index in [9.17, 15) is 9.59 Å². The summed E-state index contributed by atoms with van der Waals surface area (Å²) in [6.07, 6.45) is 0.235. The molecule has 0 unspecified atom stereocenters. The molecule has 2 N–H and O–H groups in total. The van der Waals surface area contributed by atoms with Gasteiger partial charge < -0.3 is 14.8 Å². The van der Waals surface area contributed by atoms with Crippen LogP contribution in [0.5, 0.6) is 11.5 Å². The summed E-state index contributed by atoms with van der Waals surface area (Å²) in [5.41, 5.74) is 0.936. The van der Waals surface area contributed by atoms with E-state index in [1.807, 2.05) is 30.3 Å². The molecule has 2 aromatic carbocycles. The molecule has 0 fully saturated rings. The van der Waals surface area contributed by atoms with Crippen molar-refractivity contribution < 1.29 is 23.5 Å². The van der Waals surface area contributed by atoms with E-state index in [4.69, 9.17) is 14.0 Å². The lowest BCUT2D eigenvalue weighted by molar-refractivity contribution is -0.704. The number of carbonyl (C=O) groups excluding carboxylic acids is 1. The number of nitrogens with zero attached hydrogens (tertiary/aromatic N) is 1. The van der Waals surface area contributed by atoms with Gasteiger partial charge in [-0.3, -0.25) is 9.32 Å². The summed E-state index contributed by atoms with van der Waals surface area (Å²) in [7, 11) is 0. The Balaban J connectivity index is 1.36. The van der Waals surface area contributed by atoms with Crippen LogP contribution in [-0.4, -0.2) is 23.7 Å². The highest BCUT2D eigenvalue weighted by atomic mass is 32.2. The molecule has 0 bridgehead atoms. The number of nitrogens with one attached hydrogen (secondary N) is 2. The van der Waals surface area contributed by atoms with Gasteiger partial charge in [-0.1, -0.05) is 18.2 Å². The van der Waals surface area contributed by atoms with Crippen LogP contribution >= 0.6 is 11.8 Å². The van der Waals surface area contributed by atoms with Gasteiger partial charge in [0.05, 0.1) is 0 Å². The van der Waals surface area contributed by atoms with Crippen LogP contribution in [-0.2, 0) is 4.79 Å². The first kappa shape index (κ1) is 17.2. The minimum absolute atomic E-state index is 0.160. The number of aromatic amines is 1. The molecule has 1 amide bonds. The second kappa shape index (κ2) is 7.58. The minimum Gasteiger partial charge on any atom is -0.454 e. The average molecular weight is 386 g/mol. The number of fused-ring (bicyclic) bond motifs is 1. The van der Waals surface area contributed by atoms with Crippen LogP contribution in [0.15, 0.2) is 62.9 Å². The van der Waals surface area contributed by atoms with Crippen molar-refractivity contribution in [3.63, 3.8) is 0 Å². The number of para-hydroxylation sites is 1. The van der Waals surface area contributed by atoms with Crippen LogP contribution in [0.1, 0.15) is 6.42 Å². The Bertz CT molecular complexity index is 1020. The molecule has 1 aliphatic heterocycles. The first-order valence-corrected chi connectivity index (χ1v) is 9.20. The second-order valence-electron chi connectivity index (χ2n) is 5.67. The number of anilines is 1. The predicted molar refractivity (Wildman–Crippen MR) is 97.4 cm³/mol. The van der Waals surface area contributed by atoms with Gasteiger partial charge in [0.15, 0.2) is 11.5 Å². The Morgan fingerprint density at radius 2 is 1.96 bits per heavy atom. The van der Waals surface area contributed by atoms with Gasteiger partial charge in [0.25, 0.3) is 0 Å². The maximum atomic E-state index is 12.2. The smallest absolute Gasteiger partial charge is 0.442 e. The standard InChI is InChI=1S/C18H15N3O5S/c22-16(19-12-6-7-14-15(10-12)25-11-24-14)8-9-27-17-18(23)26-20-21(17)13-4-2-1-3-5-13/h1-7,10H,8-9,11H2,(H-,19,20,22,23)/p+1. The summed E-state index contributed by atoms with van der Waals surface area (Å²) in [5, 5.41) is 5.77. The van der Waals surface area contributed by atoms with E-state index in [1.165, 1.54) is 11.8 Å². The molecule has 3 aromatic rings. The summed E-state index contributed by atoms with van der Waals surface area (Å²) in [6.45, 7) is 0.185. The first-order valence-electron chi connectivity index (χ1n) is 8.22. The number of hydrogen-bond donors (Lipinski definition) is 2. The van der Waals surface area contributed by atoms with Crippen LogP contribution in [0.25, 0.3) is 5.69 Å². The third-order valence-corrected chi connectivity index (χ3v) is 4.88. The molecule has 27 heavy (non-hydrogen) atoms. The fourth-order valence-corrected chi connectivity index (χ4v) is 3.48. The van der Waals surface area contributed by atoms with Crippen molar-refractivity contribution in [1.82, 2.24) is 5.27 Å². The lowest BCUT2D eigenvalue weighted by atomic mass is 10.2. The van der Waals surface area contributed by atoms with Crippen molar-refractivity contribution >= 4 is 23.4 Å². The zero-order valence-corrected chi connectivity index (χ0v) is 15.0. The Morgan fingerprint density at radius 1 is 1.15 bits per heavy atom. The van der Waals surface area contributed by atoms with Crippen molar-refractivity contribution in [2.45, 2.75) is 11.4 Å². The summed E-state index contributed by atoms with van der Waals surface area (Å²) < 4.78 is 17.0. The maximum Gasteiger partial charge on any atom is 0.442 e. The van der Waals surface area contributed by atoms with Crippen LogP contribution in [0, 0.1) is 0 Å². The highest BCUT2D eigenvalue weighted by molar-refractivity contribution is 7.99. The molecular formula is C18H16N3O5S+. The fourth-order valence-electron chi connectivity index (χ4n) is 2.57. The van der Waals surface area contributed by atoms with E-state index < -0.39 is 5.63 Å². The van der Waals surface area contributed by atoms with Gasteiger partial charge in [-0.25, -0.2) is 4.79 Å². The lowest BCUT2D eigenvalue weighted by Gasteiger charge is -2.05. The molecule has 0 aliphatic carbocycles. The van der Waals surface area contributed by atoms with Crippen molar-refractivity contribution in [2.24, 2.45) is 0 Å². The van der Waals surface area contributed by atoms with Crippen molar-refractivity contribution in [2.75, 3.05) is 17.9 Å². The van der Waals surface area contributed by atoms with Crippen molar-refractivity contribution in [3.05, 3.63) is 59.0 Å². The molecule has 0 spiro atoms. The molecule has 4 rings (SSSR count). The number of ether oxygens (including phenoxy) is 2. The van der Waals surface area contributed by atoms with E-state index in [2.05, 4.69) is 10.6 Å². The van der Waals surface area contributed by atoms with Crippen LogP contribution in [0.4, 0.5) is 5.69 Å². The molecule has 1 aromatic heterocycles. The Hall–Kier alpha value is -3.20. The number of rotatable bonds is 6. The SMILES string of the molecule is O=C(CCSc1c(=O)o[nH][n+]1-c1ccccc1)Nc1ccc2c(c1)OCO2. The number of H-pyrrole nitrogens is 1. The summed E-state index contributed by atoms with van der Waals surface area (Å²) in [6, 6.07) is 14.5. The lowest BCUT2D eigenvalue weighted by Crippen LogP contribution is -2.36. The van der Waals surface area contributed by atoms with E-state index in [1.54, 1.807) is 22.9 Å². The molecule has 0 atom stereocenters. The van der Waals surface area contributed by atoms with Gasteiger partial charge in [-0.15, -0.1) is 0 Å². The van der Waals surface area contributed by atoms with Gasteiger partial charge in [0.1, 0.15) is 0 Å². The number of thioether (sulfide) groups is 1. The highest BCUT2D eigenvalue weighted by Gasteiger charge is 2.24. The summed E-state index contributed by atoms with van der Waals surface area (Å²) >= 11 is 1.25. The molecule has 9 heteroatoms. The van der Waals surface area contributed by atoms with Gasteiger partial charge >= 0.3 is 10.7 Å². The van der Waals surface area contributed by atoms with Crippen molar-refractivity contribution in [3.8, 4) is 17.2 Å². The van der Waals surface area contributed by atoms with Gasteiger partial charge in [-0.05, 0) is 33.8 Å². The fraction of sp³-hybridized carbons (Fsp3) is 0.167. The van der Waals surface area contributed by atoms with E-state index in [0.717, 1.165) is 5.69 Å². The number of benzene rings is 2. The maximum absolute atomic E-state index is 12.2. The molecule has 0 radical (unpaired) electrons. The summed E-state index contributed by atoms with van der Waals surface area (Å²) in [4.78, 5) is 24.1. The Kier molecular flexibility index (Phi) is 4.84. The number of aromatic nitrogens is 2. The second-order valence-corrected chi connectivity index (χ2v) is 6.76. The average Bonchev–Trinajstić information content (AvgIpc) is 3.29. The predicted octanol–water partition coefficient (Wildman–Crippen LogP) is 2.09. The molecule has 2 heterocycles. The van der Waals surface area contributed by atoms with E-state index >= 15 is 0 Å². The Morgan fingerprint density at radius 3 is 2.81 bits per heavy atom. The quantitative estimate of drug-likeness (QED) is 0.497.